The summed E-state index contributed by atoms with van der Waals surface area (Å²) in [5, 5.41) is 11.7. The molecule has 3 heterocycles. The fourth-order valence-electron chi connectivity index (χ4n) is 4.61. The van der Waals surface area contributed by atoms with Crippen LogP contribution >= 0.6 is 11.6 Å². The highest BCUT2D eigenvalue weighted by Crippen LogP contribution is 2.51. The lowest BCUT2D eigenvalue weighted by Gasteiger charge is -2.42. The maximum Gasteiger partial charge on any atom is 0.256 e. The fraction of sp³-hybridized carbons (Fsp3) is 0.182. The molecule has 0 bridgehead atoms. The van der Waals surface area contributed by atoms with E-state index in [0.29, 0.717) is 40.4 Å². The Balaban J connectivity index is 1.72. The van der Waals surface area contributed by atoms with Crippen molar-refractivity contribution in [2.75, 3.05) is 19.6 Å². The van der Waals surface area contributed by atoms with Crippen LogP contribution in [0.25, 0.3) is 0 Å². The SMILES string of the molecule is O=C1C2=C(CN(O)C=C2)C2(c3ccc(Cl)cc3)N1CCN2C(=O)c1ccc(F)cc1. The highest BCUT2D eigenvalue weighted by Gasteiger charge is 2.61. The molecule has 5 rings (SSSR count). The summed E-state index contributed by atoms with van der Waals surface area (Å²) in [5.41, 5.74) is 0.913. The van der Waals surface area contributed by atoms with Gasteiger partial charge < -0.3 is 9.80 Å². The number of hydrogen-bond donors (Lipinski definition) is 1. The van der Waals surface area contributed by atoms with Gasteiger partial charge in [0.2, 0.25) is 0 Å². The van der Waals surface area contributed by atoms with E-state index in [1.54, 1.807) is 40.1 Å². The Labute approximate surface area is 177 Å². The molecule has 0 spiro atoms. The third-order valence-electron chi connectivity index (χ3n) is 5.87. The Kier molecular flexibility index (Phi) is 4.20. The maximum atomic E-state index is 13.5. The summed E-state index contributed by atoms with van der Waals surface area (Å²) in [6.07, 6.45) is 3.00. The smallest absolute Gasteiger partial charge is 0.256 e. The van der Waals surface area contributed by atoms with Crippen molar-refractivity contribution in [3.63, 3.8) is 0 Å². The zero-order chi connectivity index (χ0) is 21.0. The van der Waals surface area contributed by atoms with Crippen LogP contribution in [-0.4, -0.2) is 51.5 Å². The van der Waals surface area contributed by atoms with E-state index in [1.807, 2.05) is 0 Å². The van der Waals surface area contributed by atoms with Crippen molar-refractivity contribution in [3.05, 3.63) is 93.9 Å². The van der Waals surface area contributed by atoms with E-state index in [1.165, 1.54) is 30.5 Å². The van der Waals surface area contributed by atoms with E-state index in [4.69, 9.17) is 11.6 Å². The number of nitrogens with zero attached hydrogens (tertiary/aromatic N) is 3. The van der Waals surface area contributed by atoms with Crippen LogP contribution in [-0.2, 0) is 10.5 Å². The summed E-state index contributed by atoms with van der Waals surface area (Å²) in [7, 11) is 0. The van der Waals surface area contributed by atoms with Gasteiger partial charge in [-0.2, -0.15) is 0 Å². The first-order valence-corrected chi connectivity index (χ1v) is 9.83. The molecule has 1 saturated heterocycles. The van der Waals surface area contributed by atoms with E-state index in [9.17, 15) is 19.2 Å². The largest absolute Gasteiger partial charge is 0.306 e. The lowest BCUT2D eigenvalue weighted by molar-refractivity contribution is -0.129. The zero-order valence-electron chi connectivity index (χ0n) is 15.8. The Bertz CT molecular complexity index is 1110. The lowest BCUT2D eigenvalue weighted by atomic mass is 9.87. The molecule has 6 nitrogen and oxygen atoms in total. The molecule has 3 aliphatic heterocycles. The molecular formula is C22H17ClFN3O3. The molecule has 0 radical (unpaired) electrons. The summed E-state index contributed by atoms with van der Waals surface area (Å²) in [4.78, 5) is 30.0. The molecule has 2 aromatic rings. The fourth-order valence-corrected chi connectivity index (χ4v) is 4.74. The van der Waals surface area contributed by atoms with Gasteiger partial charge in [0.05, 0.1) is 6.54 Å². The number of hydroxylamine groups is 2. The molecule has 1 fully saturated rings. The minimum absolute atomic E-state index is 0.0733. The van der Waals surface area contributed by atoms with Crippen molar-refractivity contribution in [2.45, 2.75) is 5.66 Å². The standard InChI is InChI=1S/C22H17ClFN3O3/c23-16-5-3-15(4-6-16)22-19-13-25(30)10-9-18(19)21(29)27(22)12-11-26(22)20(28)14-1-7-17(24)8-2-14/h1-10,30H,11-13H2. The van der Waals surface area contributed by atoms with Gasteiger partial charge >= 0.3 is 0 Å². The van der Waals surface area contributed by atoms with Crippen LogP contribution in [0.1, 0.15) is 15.9 Å². The van der Waals surface area contributed by atoms with Gasteiger partial charge in [-0.25, -0.2) is 4.39 Å². The summed E-state index contributed by atoms with van der Waals surface area (Å²) >= 11 is 6.09. The second-order valence-corrected chi connectivity index (χ2v) is 7.84. The second kappa shape index (κ2) is 6.68. The Morgan fingerprint density at radius 2 is 1.77 bits per heavy atom. The quantitative estimate of drug-likeness (QED) is 0.803. The highest BCUT2D eigenvalue weighted by molar-refractivity contribution is 6.30. The Morgan fingerprint density at radius 1 is 1.07 bits per heavy atom. The van der Waals surface area contributed by atoms with Gasteiger partial charge in [0.15, 0.2) is 5.66 Å². The predicted molar refractivity (Wildman–Crippen MR) is 107 cm³/mol. The average molecular weight is 426 g/mol. The van der Waals surface area contributed by atoms with Crippen LogP contribution in [0.3, 0.4) is 0 Å². The number of rotatable bonds is 2. The molecule has 1 N–H and O–H groups in total. The van der Waals surface area contributed by atoms with Gasteiger partial charge in [0, 0.05) is 46.6 Å². The van der Waals surface area contributed by atoms with Crippen molar-refractivity contribution < 1.29 is 19.2 Å². The number of fused-ring (bicyclic) bond motifs is 2. The Hall–Kier alpha value is -3.16. The van der Waals surface area contributed by atoms with Crippen molar-refractivity contribution >= 4 is 23.4 Å². The summed E-state index contributed by atoms with van der Waals surface area (Å²) < 4.78 is 13.4. The monoisotopic (exact) mass is 425 g/mol. The van der Waals surface area contributed by atoms with Gasteiger partial charge in [-0.1, -0.05) is 23.7 Å². The van der Waals surface area contributed by atoms with Crippen LogP contribution < -0.4 is 0 Å². The molecule has 2 aromatic carbocycles. The van der Waals surface area contributed by atoms with Crippen molar-refractivity contribution in [2.24, 2.45) is 0 Å². The first-order chi connectivity index (χ1) is 14.4. The van der Waals surface area contributed by atoms with Gasteiger partial charge in [0.1, 0.15) is 5.82 Å². The summed E-state index contributed by atoms with van der Waals surface area (Å²) in [6.45, 7) is 0.709. The van der Waals surface area contributed by atoms with Crippen molar-refractivity contribution in [1.29, 1.82) is 0 Å². The molecule has 0 saturated carbocycles. The second-order valence-electron chi connectivity index (χ2n) is 7.41. The molecular weight excluding hydrogens is 409 g/mol. The van der Waals surface area contributed by atoms with Gasteiger partial charge in [0.25, 0.3) is 11.8 Å². The number of carbonyl (C=O) groups excluding carboxylic acids is 2. The van der Waals surface area contributed by atoms with Crippen LogP contribution in [0.4, 0.5) is 4.39 Å². The van der Waals surface area contributed by atoms with Crippen LogP contribution in [0.2, 0.25) is 5.02 Å². The zero-order valence-corrected chi connectivity index (χ0v) is 16.5. The summed E-state index contributed by atoms with van der Waals surface area (Å²) in [6, 6.07) is 12.3. The third kappa shape index (κ3) is 2.52. The van der Waals surface area contributed by atoms with E-state index in [-0.39, 0.29) is 18.4 Å². The number of halogens is 2. The van der Waals surface area contributed by atoms with Crippen molar-refractivity contribution in [1.82, 2.24) is 14.9 Å². The third-order valence-corrected chi connectivity index (χ3v) is 6.12. The van der Waals surface area contributed by atoms with E-state index in [2.05, 4.69) is 0 Å². The maximum absolute atomic E-state index is 13.5. The number of benzene rings is 2. The molecule has 0 aromatic heterocycles. The number of amides is 2. The predicted octanol–water partition coefficient (Wildman–Crippen LogP) is 3.15. The molecule has 152 valence electrons. The highest BCUT2D eigenvalue weighted by atomic mass is 35.5. The molecule has 8 heteroatoms. The van der Waals surface area contributed by atoms with E-state index in [0.717, 1.165) is 5.06 Å². The molecule has 1 unspecified atom stereocenters. The molecule has 30 heavy (non-hydrogen) atoms. The number of carbonyl (C=O) groups is 2. The first-order valence-electron chi connectivity index (χ1n) is 9.46. The minimum atomic E-state index is -1.19. The lowest BCUT2D eigenvalue weighted by Crippen LogP contribution is -2.53. The topological polar surface area (TPSA) is 64.1 Å². The van der Waals surface area contributed by atoms with Gasteiger partial charge in [-0.15, -0.1) is 0 Å². The van der Waals surface area contributed by atoms with Crippen LogP contribution in [0.5, 0.6) is 0 Å². The molecule has 0 aliphatic carbocycles. The molecule has 2 amide bonds. The van der Waals surface area contributed by atoms with Gasteiger partial charge in [-0.3, -0.25) is 19.9 Å². The Morgan fingerprint density at radius 3 is 2.47 bits per heavy atom. The van der Waals surface area contributed by atoms with Crippen LogP contribution in [0, 0.1) is 5.82 Å². The minimum Gasteiger partial charge on any atom is -0.306 e. The molecule has 1 atom stereocenters. The normalized spacial score (nSPS) is 22.6. The molecule has 3 aliphatic rings. The van der Waals surface area contributed by atoms with Crippen molar-refractivity contribution in [3.8, 4) is 0 Å². The first kappa shape index (κ1) is 18.8. The number of hydrogen-bond acceptors (Lipinski definition) is 4. The van der Waals surface area contributed by atoms with E-state index < -0.39 is 11.5 Å². The average Bonchev–Trinajstić information content (AvgIpc) is 3.24. The van der Waals surface area contributed by atoms with Gasteiger partial charge in [-0.05, 0) is 42.5 Å². The summed E-state index contributed by atoms with van der Waals surface area (Å²) in [5.74, 6) is -0.955. The van der Waals surface area contributed by atoms with Crippen LogP contribution in [0.15, 0.2) is 72.0 Å². The van der Waals surface area contributed by atoms with E-state index >= 15 is 0 Å².